The fourth-order valence-corrected chi connectivity index (χ4v) is 3.44. The molecule has 0 spiro atoms. The molecule has 0 radical (unpaired) electrons. The molecule has 138 valence electrons. The molecule has 0 heterocycles. The van der Waals surface area contributed by atoms with Crippen LogP contribution >= 0.6 is 11.6 Å². The summed E-state index contributed by atoms with van der Waals surface area (Å²) in [6.45, 7) is 2.76. The number of Topliss-reactive ketones (excluding diaryl/α,β-unsaturated/α-hetero) is 1. The molecule has 0 fully saturated rings. The molecule has 2 aromatic carbocycles. The maximum absolute atomic E-state index is 12.4. The Morgan fingerprint density at radius 1 is 1.15 bits per heavy atom. The van der Waals surface area contributed by atoms with Gasteiger partial charge in [0.2, 0.25) is 15.9 Å². The van der Waals surface area contributed by atoms with E-state index in [4.69, 9.17) is 11.6 Å². The Kier molecular flexibility index (Phi) is 6.05. The Hall–Kier alpha value is -2.38. The molecule has 2 rings (SSSR count). The van der Waals surface area contributed by atoms with Crippen molar-refractivity contribution in [3.63, 3.8) is 0 Å². The Labute approximate surface area is 157 Å². The Balaban J connectivity index is 2.27. The van der Waals surface area contributed by atoms with Crippen molar-refractivity contribution in [2.45, 2.75) is 13.8 Å². The molecule has 0 unspecified atom stereocenters. The van der Waals surface area contributed by atoms with Gasteiger partial charge >= 0.3 is 0 Å². The molecule has 0 saturated carbocycles. The topological polar surface area (TPSA) is 83.6 Å². The van der Waals surface area contributed by atoms with Gasteiger partial charge in [-0.15, -0.1) is 0 Å². The minimum atomic E-state index is -3.72. The molecule has 6 nitrogen and oxygen atoms in total. The lowest BCUT2D eigenvalue weighted by Gasteiger charge is -2.22. The van der Waals surface area contributed by atoms with Gasteiger partial charge in [-0.1, -0.05) is 23.7 Å². The molecule has 2 aromatic rings. The summed E-state index contributed by atoms with van der Waals surface area (Å²) in [4.78, 5) is 23.9. The highest BCUT2D eigenvalue weighted by atomic mass is 35.5. The summed E-state index contributed by atoms with van der Waals surface area (Å²) in [5, 5.41) is 3.22. The largest absolute Gasteiger partial charge is 0.324 e. The van der Waals surface area contributed by atoms with Crippen molar-refractivity contribution in [1.82, 2.24) is 0 Å². The first kappa shape index (κ1) is 19.9. The molecule has 0 atom stereocenters. The zero-order valence-electron chi connectivity index (χ0n) is 14.6. The number of nitrogens with one attached hydrogen (secondary N) is 1. The van der Waals surface area contributed by atoms with Crippen molar-refractivity contribution in [2.75, 3.05) is 22.4 Å². The van der Waals surface area contributed by atoms with Crippen molar-refractivity contribution >= 4 is 44.7 Å². The molecule has 0 saturated heterocycles. The molecule has 1 N–H and O–H groups in total. The first-order valence-corrected chi connectivity index (χ1v) is 9.95. The lowest BCUT2D eigenvalue weighted by molar-refractivity contribution is -0.114. The zero-order valence-corrected chi connectivity index (χ0v) is 16.2. The van der Waals surface area contributed by atoms with E-state index in [1.807, 2.05) is 0 Å². The molecule has 26 heavy (non-hydrogen) atoms. The Morgan fingerprint density at radius 3 is 2.42 bits per heavy atom. The highest BCUT2D eigenvalue weighted by molar-refractivity contribution is 7.92. The maximum Gasteiger partial charge on any atom is 0.245 e. The summed E-state index contributed by atoms with van der Waals surface area (Å²) in [5.41, 5.74) is 1.92. The smallest absolute Gasteiger partial charge is 0.245 e. The summed E-state index contributed by atoms with van der Waals surface area (Å²) in [6.07, 6.45) is 1.01. The normalized spacial score (nSPS) is 11.1. The molecule has 0 aliphatic heterocycles. The second-order valence-electron chi connectivity index (χ2n) is 5.88. The van der Waals surface area contributed by atoms with E-state index in [2.05, 4.69) is 5.32 Å². The van der Waals surface area contributed by atoms with Crippen LogP contribution in [0.1, 0.15) is 22.8 Å². The second-order valence-corrected chi connectivity index (χ2v) is 8.23. The van der Waals surface area contributed by atoms with E-state index < -0.39 is 22.5 Å². The van der Waals surface area contributed by atoms with E-state index in [0.29, 0.717) is 16.3 Å². The third-order valence-corrected chi connectivity index (χ3v) is 5.07. The number of aryl methyl sites for hydroxylation is 1. The first-order chi connectivity index (χ1) is 12.1. The number of carbonyl (C=O) groups is 2. The minimum Gasteiger partial charge on any atom is -0.324 e. The van der Waals surface area contributed by atoms with Crippen molar-refractivity contribution in [1.29, 1.82) is 0 Å². The third kappa shape index (κ3) is 5.06. The van der Waals surface area contributed by atoms with Gasteiger partial charge in [0.25, 0.3) is 0 Å². The molecule has 0 aliphatic carbocycles. The van der Waals surface area contributed by atoms with Crippen molar-refractivity contribution in [3.8, 4) is 0 Å². The number of nitrogens with zero attached hydrogens (tertiary/aromatic N) is 1. The van der Waals surface area contributed by atoms with Gasteiger partial charge in [-0.25, -0.2) is 8.42 Å². The number of carbonyl (C=O) groups excluding carboxylic acids is 2. The predicted octanol–water partition coefficient (Wildman–Crippen LogP) is 3.26. The quantitative estimate of drug-likeness (QED) is 0.762. The third-order valence-electron chi connectivity index (χ3n) is 3.69. The summed E-state index contributed by atoms with van der Waals surface area (Å²) in [6, 6.07) is 11.1. The van der Waals surface area contributed by atoms with E-state index >= 15 is 0 Å². The number of sulfonamides is 1. The molecule has 1 amide bonds. The van der Waals surface area contributed by atoms with Crippen molar-refractivity contribution in [2.24, 2.45) is 0 Å². The van der Waals surface area contributed by atoms with Gasteiger partial charge < -0.3 is 5.32 Å². The molecular formula is C18H19ClN2O4S. The summed E-state index contributed by atoms with van der Waals surface area (Å²) >= 11 is 5.89. The number of benzene rings is 2. The number of rotatable bonds is 6. The van der Waals surface area contributed by atoms with Gasteiger partial charge in [-0.05, 0) is 49.7 Å². The van der Waals surface area contributed by atoms with Crippen LogP contribution in [-0.4, -0.2) is 32.9 Å². The minimum absolute atomic E-state index is 0.193. The molecule has 0 aromatic heterocycles. The van der Waals surface area contributed by atoms with E-state index in [-0.39, 0.29) is 11.5 Å². The van der Waals surface area contributed by atoms with Gasteiger partial charge in [0.15, 0.2) is 5.78 Å². The average Bonchev–Trinajstić information content (AvgIpc) is 2.54. The number of hydrogen-bond acceptors (Lipinski definition) is 4. The summed E-state index contributed by atoms with van der Waals surface area (Å²) in [7, 11) is -3.72. The Bertz CT molecular complexity index is 957. The van der Waals surface area contributed by atoms with Crippen LogP contribution in [0.3, 0.4) is 0 Å². The summed E-state index contributed by atoms with van der Waals surface area (Å²) < 4.78 is 25.3. The highest BCUT2D eigenvalue weighted by Crippen LogP contribution is 2.22. The van der Waals surface area contributed by atoms with Crippen LogP contribution in [0.15, 0.2) is 42.5 Å². The van der Waals surface area contributed by atoms with Gasteiger partial charge in [0.05, 0.1) is 11.9 Å². The number of amides is 1. The molecule has 0 aliphatic rings. The van der Waals surface area contributed by atoms with E-state index in [9.17, 15) is 18.0 Å². The summed E-state index contributed by atoms with van der Waals surface area (Å²) in [5.74, 6) is -0.699. The van der Waals surface area contributed by atoms with Crippen LogP contribution in [0, 0.1) is 6.92 Å². The monoisotopic (exact) mass is 394 g/mol. The standard InChI is InChI=1S/C18H19ClN2O4S/c1-12-9-15(19)7-8-17(12)20-18(23)11-21(26(3,24)25)16-6-4-5-14(10-16)13(2)22/h4-10H,11H2,1-3H3,(H,20,23). The van der Waals surface area contributed by atoms with Crippen LogP contribution in [0.25, 0.3) is 0 Å². The second kappa shape index (κ2) is 7.88. The number of ketones is 1. The van der Waals surface area contributed by atoms with E-state index in [1.165, 1.54) is 19.1 Å². The number of anilines is 2. The first-order valence-electron chi connectivity index (χ1n) is 7.72. The molecular weight excluding hydrogens is 376 g/mol. The zero-order chi connectivity index (χ0) is 19.5. The average molecular weight is 395 g/mol. The fourth-order valence-electron chi connectivity index (χ4n) is 2.37. The van der Waals surface area contributed by atoms with Gasteiger partial charge in [0.1, 0.15) is 6.54 Å². The number of hydrogen-bond donors (Lipinski definition) is 1. The van der Waals surface area contributed by atoms with Gasteiger partial charge in [-0.3, -0.25) is 13.9 Å². The molecule has 8 heteroatoms. The van der Waals surface area contributed by atoms with Gasteiger partial charge in [-0.2, -0.15) is 0 Å². The Morgan fingerprint density at radius 2 is 1.85 bits per heavy atom. The van der Waals surface area contributed by atoms with Crippen molar-refractivity contribution < 1.29 is 18.0 Å². The van der Waals surface area contributed by atoms with Crippen molar-refractivity contribution in [3.05, 3.63) is 58.6 Å². The predicted molar refractivity (Wildman–Crippen MR) is 103 cm³/mol. The lowest BCUT2D eigenvalue weighted by Crippen LogP contribution is -2.37. The highest BCUT2D eigenvalue weighted by Gasteiger charge is 2.21. The maximum atomic E-state index is 12.4. The van der Waals surface area contributed by atoms with Crippen LogP contribution in [0.4, 0.5) is 11.4 Å². The van der Waals surface area contributed by atoms with Crippen LogP contribution in [0.2, 0.25) is 5.02 Å². The fraction of sp³-hybridized carbons (Fsp3) is 0.222. The van der Waals surface area contributed by atoms with E-state index in [1.54, 1.807) is 37.3 Å². The number of halogens is 1. The van der Waals surface area contributed by atoms with E-state index in [0.717, 1.165) is 16.1 Å². The van der Waals surface area contributed by atoms with Crippen LogP contribution < -0.4 is 9.62 Å². The SMILES string of the molecule is CC(=O)c1cccc(N(CC(=O)Nc2ccc(Cl)cc2C)S(C)(=O)=O)c1. The van der Waals surface area contributed by atoms with Crippen LogP contribution in [0.5, 0.6) is 0 Å². The van der Waals surface area contributed by atoms with Crippen LogP contribution in [-0.2, 0) is 14.8 Å². The molecule has 0 bridgehead atoms. The lowest BCUT2D eigenvalue weighted by atomic mass is 10.1. The van der Waals surface area contributed by atoms with Gasteiger partial charge in [0, 0.05) is 16.3 Å².